The number of hydrogen-bond donors (Lipinski definition) is 0. The number of rotatable bonds is 6. The van der Waals surface area contributed by atoms with Crippen molar-refractivity contribution >= 4 is 42.4 Å². The van der Waals surface area contributed by atoms with Crippen molar-refractivity contribution in [1.29, 1.82) is 0 Å². The van der Waals surface area contributed by atoms with Crippen molar-refractivity contribution in [2.45, 2.75) is 0 Å². The number of aromatic nitrogens is 4. The van der Waals surface area contributed by atoms with Crippen LogP contribution in [-0.2, 0) is 0 Å². The lowest BCUT2D eigenvalue weighted by molar-refractivity contribution is 1.07. The van der Waals surface area contributed by atoms with Gasteiger partial charge in [-0.25, -0.2) is 19.9 Å². The van der Waals surface area contributed by atoms with Crippen molar-refractivity contribution in [3.8, 4) is 67.7 Å². The highest BCUT2D eigenvalue weighted by Gasteiger charge is 2.18. The molecule has 0 bridgehead atoms. The fraction of sp³-hybridized carbons (Fsp3) is 0. The van der Waals surface area contributed by atoms with Gasteiger partial charge in [-0.3, -0.25) is 0 Å². The summed E-state index contributed by atoms with van der Waals surface area (Å²) in [6, 6.07) is 63.3. The fourth-order valence-corrected chi connectivity index (χ4v) is 8.47. The number of para-hydroxylation sites is 1. The van der Waals surface area contributed by atoms with Gasteiger partial charge in [-0.1, -0.05) is 158 Å². The Balaban J connectivity index is 1.12. The molecule has 10 aromatic rings. The largest absolute Gasteiger partial charge is 0.248 e. The number of thiophene rings is 1. The van der Waals surface area contributed by atoms with Crippen molar-refractivity contribution in [3.63, 3.8) is 0 Å². The summed E-state index contributed by atoms with van der Waals surface area (Å²) in [6.07, 6.45) is 0. The standard InChI is InChI=1S/C48H30N4S/c1-4-15-31(16-5-1)40-30-42(49-41-27-11-10-23-37(40)41)38-25-13-26-39-44-36(24-14-28-43(44)53-45(38)39)34-21-12-22-35(29-34)48-51-46(32-17-6-2-7-18-32)50-47(52-48)33-19-8-3-9-20-33/h1-30H. The molecule has 0 saturated carbocycles. The van der Waals surface area contributed by atoms with Crippen molar-refractivity contribution in [2.24, 2.45) is 0 Å². The van der Waals surface area contributed by atoms with Crippen LogP contribution in [0.4, 0.5) is 0 Å². The molecule has 7 aromatic carbocycles. The van der Waals surface area contributed by atoms with E-state index in [2.05, 4.69) is 121 Å². The molecule has 5 heteroatoms. The van der Waals surface area contributed by atoms with E-state index in [0.29, 0.717) is 17.5 Å². The monoisotopic (exact) mass is 694 g/mol. The summed E-state index contributed by atoms with van der Waals surface area (Å²) in [5.74, 6) is 1.94. The number of benzene rings is 7. The van der Waals surface area contributed by atoms with E-state index in [1.807, 2.05) is 72.0 Å². The highest BCUT2D eigenvalue weighted by Crippen LogP contribution is 2.45. The second-order valence-corrected chi connectivity index (χ2v) is 14.1. The Kier molecular flexibility index (Phi) is 7.63. The van der Waals surface area contributed by atoms with E-state index in [0.717, 1.165) is 44.4 Å². The van der Waals surface area contributed by atoms with Crippen LogP contribution in [0.3, 0.4) is 0 Å². The summed E-state index contributed by atoms with van der Waals surface area (Å²) >= 11 is 1.83. The molecule has 0 atom stereocenters. The van der Waals surface area contributed by atoms with Crippen LogP contribution >= 0.6 is 11.3 Å². The first-order valence-corrected chi connectivity index (χ1v) is 18.5. The molecule has 0 aliphatic rings. The zero-order valence-corrected chi connectivity index (χ0v) is 29.3. The Morgan fingerprint density at radius 2 is 0.868 bits per heavy atom. The third-order valence-electron chi connectivity index (χ3n) is 9.73. The third-order valence-corrected chi connectivity index (χ3v) is 10.9. The van der Waals surface area contributed by atoms with Crippen molar-refractivity contribution < 1.29 is 0 Å². The topological polar surface area (TPSA) is 51.6 Å². The first-order valence-electron chi connectivity index (χ1n) is 17.6. The second-order valence-electron chi connectivity index (χ2n) is 13.0. The van der Waals surface area contributed by atoms with Gasteiger partial charge in [0, 0.05) is 47.8 Å². The lowest BCUT2D eigenvalue weighted by Crippen LogP contribution is -2.00. The molecule has 0 aliphatic carbocycles. The smallest absolute Gasteiger partial charge is 0.164 e. The first kappa shape index (κ1) is 31.0. The van der Waals surface area contributed by atoms with Gasteiger partial charge in [-0.15, -0.1) is 11.3 Å². The molecule has 0 saturated heterocycles. The molecule has 248 valence electrons. The normalized spacial score (nSPS) is 11.4. The van der Waals surface area contributed by atoms with Gasteiger partial charge in [0.25, 0.3) is 0 Å². The van der Waals surface area contributed by atoms with Gasteiger partial charge in [-0.2, -0.15) is 0 Å². The van der Waals surface area contributed by atoms with Crippen molar-refractivity contribution in [1.82, 2.24) is 19.9 Å². The minimum atomic E-state index is 0.640. The van der Waals surface area contributed by atoms with Gasteiger partial charge < -0.3 is 0 Å². The van der Waals surface area contributed by atoms with Crippen LogP contribution in [0.25, 0.3) is 98.7 Å². The fourth-order valence-electron chi connectivity index (χ4n) is 7.22. The van der Waals surface area contributed by atoms with E-state index in [1.54, 1.807) is 0 Å². The molecule has 0 radical (unpaired) electrons. The molecular weight excluding hydrogens is 665 g/mol. The molecule has 0 aliphatic heterocycles. The van der Waals surface area contributed by atoms with Gasteiger partial charge in [0.1, 0.15) is 0 Å². The predicted molar refractivity (Wildman–Crippen MR) is 221 cm³/mol. The van der Waals surface area contributed by atoms with Crippen LogP contribution in [0.5, 0.6) is 0 Å². The van der Waals surface area contributed by atoms with Gasteiger partial charge in [0.2, 0.25) is 0 Å². The minimum Gasteiger partial charge on any atom is -0.248 e. The zero-order chi connectivity index (χ0) is 35.1. The Bertz CT molecular complexity index is 2880. The summed E-state index contributed by atoms with van der Waals surface area (Å²) in [6.45, 7) is 0. The van der Waals surface area contributed by atoms with Gasteiger partial charge in [0.15, 0.2) is 17.5 Å². The van der Waals surface area contributed by atoms with E-state index in [1.165, 1.54) is 36.9 Å². The summed E-state index contributed by atoms with van der Waals surface area (Å²) in [5, 5.41) is 3.61. The average Bonchev–Trinajstić information content (AvgIpc) is 3.63. The molecule has 0 spiro atoms. The van der Waals surface area contributed by atoms with Crippen LogP contribution < -0.4 is 0 Å². The Morgan fingerprint density at radius 1 is 0.340 bits per heavy atom. The van der Waals surface area contributed by atoms with Crippen LogP contribution in [0.1, 0.15) is 0 Å². The number of hydrogen-bond acceptors (Lipinski definition) is 5. The molecule has 4 nitrogen and oxygen atoms in total. The summed E-state index contributed by atoms with van der Waals surface area (Å²) in [4.78, 5) is 20.1. The first-order chi connectivity index (χ1) is 26.3. The molecule has 0 unspecified atom stereocenters. The van der Waals surface area contributed by atoms with Gasteiger partial charge in [-0.05, 0) is 46.5 Å². The van der Waals surface area contributed by atoms with Gasteiger partial charge in [0.05, 0.1) is 11.2 Å². The maximum Gasteiger partial charge on any atom is 0.164 e. The average molecular weight is 695 g/mol. The Labute approximate surface area is 310 Å². The minimum absolute atomic E-state index is 0.640. The van der Waals surface area contributed by atoms with E-state index in [-0.39, 0.29) is 0 Å². The third kappa shape index (κ3) is 5.64. The predicted octanol–water partition coefficient (Wildman–Crippen LogP) is 12.8. The van der Waals surface area contributed by atoms with E-state index < -0.39 is 0 Å². The molecule has 53 heavy (non-hydrogen) atoms. The molecule has 3 aromatic heterocycles. The van der Waals surface area contributed by atoms with E-state index in [9.17, 15) is 0 Å². The lowest BCUT2D eigenvalue weighted by atomic mass is 9.96. The van der Waals surface area contributed by atoms with E-state index >= 15 is 0 Å². The van der Waals surface area contributed by atoms with Crippen LogP contribution in [0.15, 0.2) is 182 Å². The number of nitrogens with zero attached hydrogens (tertiary/aromatic N) is 4. The van der Waals surface area contributed by atoms with Crippen LogP contribution in [0, 0.1) is 0 Å². The van der Waals surface area contributed by atoms with Crippen LogP contribution in [0.2, 0.25) is 0 Å². The lowest BCUT2D eigenvalue weighted by Gasteiger charge is -2.11. The molecular formula is C48H30N4S. The molecule has 3 heterocycles. The SMILES string of the molecule is c1ccc(-c2nc(-c3ccccc3)nc(-c3cccc(-c4cccc5sc6c(-c7cc(-c8ccccc8)c8ccccc8n7)cccc6c45)c3)n2)cc1. The van der Waals surface area contributed by atoms with Gasteiger partial charge >= 0.3 is 0 Å². The maximum atomic E-state index is 5.22. The highest BCUT2D eigenvalue weighted by atomic mass is 32.1. The Hall–Kier alpha value is -6.82. The number of fused-ring (bicyclic) bond motifs is 4. The van der Waals surface area contributed by atoms with Crippen LogP contribution in [-0.4, -0.2) is 19.9 Å². The number of pyridine rings is 1. The molecule has 0 N–H and O–H groups in total. The summed E-state index contributed by atoms with van der Waals surface area (Å²) < 4.78 is 2.46. The van der Waals surface area contributed by atoms with E-state index in [4.69, 9.17) is 19.9 Å². The molecule has 10 rings (SSSR count). The maximum absolute atomic E-state index is 5.22. The van der Waals surface area contributed by atoms with Crippen molar-refractivity contribution in [3.05, 3.63) is 182 Å². The summed E-state index contributed by atoms with van der Waals surface area (Å²) in [5.41, 5.74) is 10.6. The zero-order valence-electron chi connectivity index (χ0n) is 28.5. The molecule has 0 amide bonds. The Morgan fingerprint density at radius 3 is 1.58 bits per heavy atom. The molecule has 0 fully saturated rings. The quantitative estimate of drug-likeness (QED) is 0.174. The second kappa shape index (κ2) is 13.1. The van der Waals surface area contributed by atoms with Crippen molar-refractivity contribution in [2.75, 3.05) is 0 Å². The highest BCUT2D eigenvalue weighted by molar-refractivity contribution is 7.26. The summed E-state index contributed by atoms with van der Waals surface area (Å²) in [7, 11) is 0.